The molecule has 1 aliphatic rings. The number of halogens is 1. The molecule has 0 heterocycles. The second kappa shape index (κ2) is 9.42. The van der Waals surface area contributed by atoms with Crippen LogP contribution in [0.3, 0.4) is 0 Å². The van der Waals surface area contributed by atoms with Gasteiger partial charge in [0.15, 0.2) is 0 Å². The van der Waals surface area contributed by atoms with Gasteiger partial charge in [0, 0.05) is 11.6 Å². The largest absolute Gasteiger partial charge is 0.389 e. The van der Waals surface area contributed by atoms with E-state index in [-0.39, 0.29) is 0 Å². The lowest BCUT2D eigenvalue weighted by molar-refractivity contribution is 0.0283. The zero-order chi connectivity index (χ0) is 14.9. The predicted molar refractivity (Wildman–Crippen MR) is 86.6 cm³/mol. The highest BCUT2D eigenvalue weighted by Crippen LogP contribution is 2.22. The van der Waals surface area contributed by atoms with Gasteiger partial charge in [-0.15, -0.1) is 0 Å². The minimum Gasteiger partial charge on any atom is -0.389 e. The highest BCUT2D eigenvalue weighted by molar-refractivity contribution is 6.31. The molecule has 4 heteroatoms. The summed E-state index contributed by atoms with van der Waals surface area (Å²) in [6, 6.07) is 7.63. The van der Waals surface area contributed by atoms with Crippen LogP contribution < -0.4 is 5.32 Å². The summed E-state index contributed by atoms with van der Waals surface area (Å²) in [5.41, 5.74) is 0.960. The molecule has 2 N–H and O–H groups in total. The van der Waals surface area contributed by atoms with Crippen molar-refractivity contribution in [3.63, 3.8) is 0 Å². The monoisotopic (exact) mass is 311 g/mol. The molecule has 0 radical (unpaired) electrons. The molecule has 0 amide bonds. The smallest absolute Gasteiger partial charge is 0.0897 e. The second-order valence-corrected chi connectivity index (χ2v) is 6.33. The summed E-state index contributed by atoms with van der Waals surface area (Å²) >= 11 is 6.05. The number of aliphatic hydroxyl groups is 1. The van der Waals surface area contributed by atoms with Gasteiger partial charge in [-0.2, -0.15) is 0 Å². The van der Waals surface area contributed by atoms with E-state index >= 15 is 0 Å². The molecule has 1 fully saturated rings. The van der Waals surface area contributed by atoms with Crippen molar-refractivity contribution >= 4 is 11.6 Å². The minimum atomic E-state index is -0.462. The molecule has 21 heavy (non-hydrogen) atoms. The maximum atomic E-state index is 9.91. The van der Waals surface area contributed by atoms with Gasteiger partial charge < -0.3 is 15.2 Å². The van der Waals surface area contributed by atoms with Crippen molar-refractivity contribution < 1.29 is 9.84 Å². The Bertz CT molecular complexity index is 408. The highest BCUT2D eigenvalue weighted by Gasteiger charge is 2.13. The number of aliphatic hydroxyl groups excluding tert-OH is 1. The fourth-order valence-electron chi connectivity index (χ4n) is 2.82. The number of nitrogens with one attached hydrogen (secondary N) is 1. The molecular weight excluding hydrogens is 286 g/mol. The first-order chi connectivity index (χ1) is 10.3. The van der Waals surface area contributed by atoms with Crippen LogP contribution in [0.25, 0.3) is 0 Å². The summed E-state index contributed by atoms with van der Waals surface area (Å²) in [7, 11) is 0. The topological polar surface area (TPSA) is 41.5 Å². The van der Waals surface area contributed by atoms with Crippen molar-refractivity contribution in [3.8, 4) is 0 Å². The van der Waals surface area contributed by atoms with E-state index in [4.69, 9.17) is 16.3 Å². The first-order valence-electron chi connectivity index (χ1n) is 7.95. The summed E-state index contributed by atoms with van der Waals surface area (Å²) in [5, 5.41) is 14.0. The predicted octanol–water partition coefficient (Wildman–Crippen LogP) is 3.39. The fourth-order valence-corrected chi connectivity index (χ4v) is 3.01. The van der Waals surface area contributed by atoms with Crippen LogP contribution in [0.2, 0.25) is 5.02 Å². The fraction of sp³-hybridized carbons (Fsp3) is 0.647. The Kier molecular flexibility index (Phi) is 7.51. The number of hydrogen-bond donors (Lipinski definition) is 2. The van der Waals surface area contributed by atoms with Gasteiger partial charge in [-0.1, -0.05) is 49.1 Å². The average molecular weight is 312 g/mol. The van der Waals surface area contributed by atoms with E-state index < -0.39 is 6.10 Å². The molecule has 1 unspecified atom stereocenters. The molecule has 0 bridgehead atoms. The molecule has 1 aromatic carbocycles. The lowest BCUT2D eigenvalue weighted by atomic mass is 9.89. The Morgan fingerprint density at radius 3 is 2.76 bits per heavy atom. The third-order valence-electron chi connectivity index (χ3n) is 4.06. The highest BCUT2D eigenvalue weighted by atomic mass is 35.5. The third kappa shape index (κ3) is 6.35. The Morgan fingerprint density at radius 1 is 1.24 bits per heavy atom. The summed E-state index contributed by atoms with van der Waals surface area (Å²) < 4.78 is 5.53. The number of benzene rings is 1. The molecule has 1 atom stereocenters. The van der Waals surface area contributed by atoms with E-state index in [1.165, 1.54) is 32.1 Å². The van der Waals surface area contributed by atoms with Crippen molar-refractivity contribution in [3.05, 3.63) is 34.9 Å². The van der Waals surface area contributed by atoms with Crippen LogP contribution in [0.4, 0.5) is 0 Å². The van der Waals surface area contributed by atoms with Crippen LogP contribution >= 0.6 is 11.6 Å². The first-order valence-corrected chi connectivity index (χ1v) is 8.33. The van der Waals surface area contributed by atoms with E-state index in [1.54, 1.807) is 0 Å². The van der Waals surface area contributed by atoms with Crippen molar-refractivity contribution in [1.29, 1.82) is 0 Å². The SMILES string of the molecule is OC(CNCC1CCCCC1)COCc1ccccc1Cl. The standard InChI is InChI=1S/C17H26ClNO2/c18-17-9-5-4-8-15(17)12-21-13-16(20)11-19-10-14-6-2-1-3-7-14/h4-5,8-9,14,16,19-20H,1-3,6-7,10-13H2. The summed E-state index contributed by atoms with van der Waals surface area (Å²) in [5.74, 6) is 0.787. The lowest BCUT2D eigenvalue weighted by Gasteiger charge is -2.22. The molecular formula is C17H26ClNO2. The quantitative estimate of drug-likeness (QED) is 0.773. The summed E-state index contributed by atoms with van der Waals surface area (Å²) in [4.78, 5) is 0. The van der Waals surface area contributed by atoms with E-state index in [2.05, 4.69) is 5.32 Å². The molecule has 2 rings (SSSR count). The Morgan fingerprint density at radius 2 is 2.00 bits per heavy atom. The van der Waals surface area contributed by atoms with Gasteiger partial charge in [-0.05, 0) is 36.9 Å². The van der Waals surface area contributed by atoms with Gasteiger partial charge in [0.1, 0.15) is 0 Å². The van der Waals surface area contributed by atoms with Crippen LogP contribution in [0.5, 0.6) is 0 Å². The number of rotatable bonds is 8. The van der Waals surface area contributed by atoms with Crippen molar-refractivity contribution in [2.24, 2.45) is 5.92 Å². The lowest BCUT2D eigenvalue weighted by Crippen LogP contribution is -2.34. The molecule has 1 aromatic rings. The Labute approximate surface area is 132 Å². The zero-order valence-corrected chi connectivity index (χ0v) is 13.3. The minimum absolute atomic E-state index is 0.336. The van der Waals surface area contributed by atoms with E-state index in [0.29, 0.717) is 24.8 Å². The van der Waals surface area contributed by atoms with Crippen LogP contribution in [-0.4, -0.2) is 30.9 Å². The van der Waals surface area contributed by atoms with Gasteiger partial charge in [-0.25, -0.2) is 0 Å². The zero-order valence-electron chi connectivity index (χ0n) is 12.6. The molecule has 1 aliphatic carbocycles. The van der Waals surface area contributed by atoms with Crippen LogP contribution in [0.1, 0.15) is 37.7 Å². The van der Waals surface area contributed by atoms with Crippen molar-refractivity contribution in [1.82, 2.24) is 5.32 Å². The van der Waals surface area contributed by atoms with E-state index in [9.17, 15) is 5.11 Å². The molecule has 0 aliphatic heterocycles. The maximum Gasteiger partial charge on any atom is 0.0897 e. The summed E-state index contributed by atoms with van der Waals surface area (Å²) in [6.07, 6.45) is 6.29. The molecule has 0 spiro atoms. The van der Waals surface area contributed by atoms with Gasteiger partial charge >= 0.3 is 0 Å². The second-order valence-electron chi connectivity index (χ2n) is 5.92. The van der Waals surface area contributed by atoms with E-state index in [0.717, 1.165) is 18.0 Å². The molecule has 0 aromatic heterocycles. The van der Waals surface area contributed by atoms with Crippen LogP contribution in [0.15, 0.2) is 24.3 Å². The van der Waals surface area contributed by atoms with Gasteiger partial charge in [0.25, 0.3) is 0 Å². The maximum absolute atomic E-state index is 9.91. The molecule has 0 saturated heterocycles. The Hall–Kier alpha value is -0.610. The van der Waals surface area contributed by atoms with Gasteiger partial charge in [0.2, 0.25) is 0 Å². The first kappa shape index (κ1) is 16.8. The molecule has 118 valence electrons. The number of hydrogen-bond acceptors (Lipinski definition) is 3. The van der Waals surface area contributed by atoms with E-state index in [1.807, 2.05) is 24.3 Å². The van der Waals surface area contributed by atoms with Gasteiger partial charge in [-0.3, -0.25) is 0 Å². The average Bonchev–Trinajstić information content (AvgIpc) is 2.50. The van der Waals surface area contributed by atoms with Crippen LogP contribution in [-0.2, 0) is 11.3 Å². The normalized spacial score (nSPS) is 17.8. The third-order valence-corrected chi connectivity index (χ3v) is 4.43. The Balaban J connectivity index is 1.55. The van der Waals surface area contributed by atoms with Crippen molar-refractivity contribution in [2.45, 2.75) is 44.8 Å². The van der Waals surface area contributed by atoms with Crippen LogP contribution in [0, 0.1) is 5.92 Å². The summed E-state index contributed by atoms with van der Waals surface area (Å²) in [6.45, 7) is 2.39. The van der Waals surface area contributed by atoms with Gasteiger partial charge in [0.05, 0.1) is 19.3 Å². The number of ether oxygens (including phenoxy) is 1. The van der Waals surface area contributed by atoms with Crippen molar-refractivity contribution in [2.75, 3.05) is 19.7 Å². The molecule has 3 nitrogen and oxygen atoms in total. The molecule has 1 saturated carbocycles.